The molecule has 0 spiro atoms. The lowest BCUT2D eigenvalue weighted by Gasteiger charge is -2.13. The quantitative estimate of drug-likeness (QED) is 0.798. The number of rotatable bonds is 2. The summed E-state index contributed by atoms with van der Waals surface area (Å²) < 4.78 is 1.55. The minimum absolute atomic E-state index is 0.144. The number of carbonyl (C=O) groups is 1. The molecular formula is C16H16ClN3O. The highest BCUT2D eigenvalue weighted by atomic mass is 35.5. The third-order valence-electron chi connectivity index (χ3n) is 3.22. The monoisotopic (exact) mass is 301 g/mol. The molecule has 0 N–H and O–H groups in total. The molecule has 21 heavy (non-hydrogen) atoms. The van der Waals surface area contributed by atoms with Crippen molar-refractivity contribution in [2.24, 2.45) is 7.05 Å². The van der Waals surface area contributed by atoms with Crippen LogP contribution in [0.2, 0.25) is 5.02 Å². The summed E-state index contributed by atoms with van der Waals surface area (Å²) in [6, 6.07) is 8.45. The zero-order chi connectivity index (χ0) is 15.8. The predicted molar refractivity (Wildman–Crippen MR) is 81.5 cm³/mol. The molecule has 108 valence electrons. The van der Waals surface area contributed by atoms with E-state index in [0.717, 1.165) is 5.69 Å². The lowest BCUT2D eigenvalue weighted by atomic mass is 9.92. The molecule has 1 aromatic heterocycles. The van der Waals surface area contributed by atoms with Crippen LogP contribution in [-0.4, -0.2) is 15.6 Å². The Morgan fingerprint density at radius 3 is 2.52 bits per heavy atom. The van der Waals surface area contributed by atoms with Gasteiger partial charge in [0.15, 0.2) is 0 Å². The highest BCUT2D eigenvalue weighted by molar-refractivity contribution is 6.34. The first kappa shape index (κ1) is 15.3. The van der Waals surface area contributed by atoms with Crippen molar-refractivity contribution in [3.63, 3.8) is 0 Å². The Morgan fingerprint density at radius 1 is 1.33 bits per heavy atom. The number of nitrogens with zero attached hydrogens (tertiary/aromatic N) is 3. The smallest absolute Gasteiger partial charge is 0.212 e. The number of aromatic nitrogens is 2. The average molecular weight is 302 g/mol. The third-order valence-corrected chi connectivity index (χ3v) is 3.55. The van der Waals surface area contributed by atoms with Gasteiger partial charge in [0.05, 0.1) is 22.3 Å². The van der Waals surface area contributed by atoms with Gasteiger partial charge in [-0.05, 0) is 24.3 Å². The van der Waals surface area contributed by atoms with Gasteiger partial charge in [0.1, 0.15) is 5.69 Å². The van der Waals surface area contributed by atoms with Crippen LogP contribution in [0.4, 0.5) is 0 Å². The Balaban J connectivity index is 2.51. The maximum absolute atomic E-state index is 12.6. The summed E-state index contributed by atoms with van der Waals surface area (Å²) in [7, 11) is 1.73. The normalized spacial score (nSPS) is 11.2. The first-order valence-electron chi connectivity index (χ1n) is 6.53. The first-order chi connectivity index (χ1) is 9.74. The van der Waals surface area contributed by atoms with Crippen LogP contribution >= 0.6 is 11.6 Å². The van der Waals surface area contributed by atoms with Gasteiger partial charge in [0, 0.05) is 18.0 Å². The lowest BCUT2D eigenvalue weighted by Crippen LogP contribution is -2.12. The number of nitriles is 1. The van der Waals surface area contributed by atoms with Crippen LogP contribution in [0, 0.1) is 11.3 Å². The van der Waals surface area contributed by atoms with Crippen LogP contribution in [0.25, 0.3) is 0 Å². The molecule has 0 aliphatic heterocycles. The maximum Gasteiger partial charge on any atom is 0.212 e. The number of benzene rings is 1. The Morgan fingerprint density at radius 2 is 2.00 bits per heavy atom. The van der Waals surface area contributed by atoms with Crippen molar-refractivity contribution in [1.29, 1.82) is 5.26 Å². The van der Waals surface area contributed by atoms with Gasteiger partial charge in [-0.15, -0.1) is 0 Å². The van der Waals surface area contributed by atoms with Crippen molar-refractivity contribution in [2.75, 3.05) is 0 Å². The number of aryl methyl sites for hydroxylation is 1. The second kappa shape index (κ2) is 5.34. The Bertz CT molecular complexity index is 748. The van der Waals surface area contributed by atoms with Gasteiger partial charge in [-0.1, -0.05) is 32.4 Å². The molecule has 0 saturated carbocycles. The molecule has 2 aromatic rings. The van der Waals surface area contributed by atoms with E-state index in [4.69, 9.17) is 16.9 Å². The van der Waals surface area contributed by atoms with E-state index < -0.39 is 0 Å². The maximum atomic E-state index is 12.6. The molecule has 5 heteroatoms. The van der Waals surface area contributed by atoms with Crippen LogP contribution in [0.1, 0.15) is 48.1 Å². The van der Waals surface area contributed by atoms with Gasteiger partial charge < -0.3 is 0 Å². The van der Waals surface area contributed by atoms with E-state index >= 15 is 0 Å². The number of carbonyl (C=O) groups excluding carboxylic acids is 1. The summed E-state index contributed by atoms with van der Waals surface area (Å²) in [6.07, 6.45) is 0. The fourth-order valence-electron chi connectivity index (χ4n) is 1.95. The molecule has 0 atom stereocenters. The van der Waals surface area contributed by atoms with Gasteiger partial charge in [-0.25, -0.2) is 0 Å². The van der Waals surface area contributed by atoms with E-state index in [1.54, 1.807) is 29.9 Å². The number of hydrogen-bond donors (Lipinski definition) is 0. The van der Waals surface area contributed by atoms with Crippen molar-refractivity contribution in [1.82, 2.24) is 9.78 Å². The molecule has 0 amide bonds. The number of ketones is 1. The molecule has 4 nitrogen and oxygen atoms in total. The fourth-order valence-corrected chi connectivity index (χ4v) is 2.16. The van der Waals surface area contributed by atoms with Crippen molar-refractivity contribution in [2.45, 2.75) is 26.2 Å². The van der Waals surface area contributed by atoms with Gasteiger partial charge in [0.25, 0.3) is 0 Å². The minimum atomic E-state index is -0.234. The Kier molecular flexibility index (Phi) is 3.89. The molecule has 0 aliphatic rings. The first-order valence-corrected chi connectivity index (χ1v) is 6.90. The van der Waals surface area contributed by atoms with Crippen LogP contribution < -0.4 is 0 Å². The summed E-state index contributed by atoms with van der Waals surface area (Å²) in [4.78, 5) is 12.6. The van der Waals surface area contributed by atoms with Crippen molar-refractivity contribution in [3.05, 3.63) is 51.8 Å². The largest absolute Gasteiger partial charge is 0.287 e. The highest BCUT2D eigenvalue weighted by Crippen LogP contribution is 2.25. The van der Waals surface area contributed by atoms with E-state index in [1.165, 1.54) is 6.07 Å². The number of hydrogen-bond acceptors (Lipinski definition) is 3. The fraction of sp³-hybridized carbons (Fsp3) is 0.312. The van der Waals surface area contributed by atoms with E-state index in [2.05, 4.69) is 5.10 Å². The predicted octanol–water partition coefficient (Wildman–Crippen LogP) is 3.47. The SMILES string of the molecule is Cn1nc(C(C)(C)C)cc1C(=O)c1cc(C#N)ccc1Cl. The van der Waals surface area contributed by atoms with Gasteiger partial charge in [-0.3, -0.25) is 9.48 Å². The van der Waals surface area contributed by atoms with E-state index in [9.17, 15) is 4.79 Å². The summed E-state index contributed by atoms with van der Waals surface area (Å²) in [6.45, 7) is 6.10. The van der Waals surface area contributed by atoms with E-state index in [0.29, 0.717) is 21.8 Å². The van der Waals surface area contributed by atoms with Crippen LogP contribution in [0.5, 0.6) is 0 Å². The van der Waals surface area contributed by atoms with Crippen molar-refractivity contribution >= 4 is 17.4 Å². The molecule has 0 fully saturated rings. The number of halogens is 1. The topological polar surface area (TPSA) is 58.7 Å². The Hall–Kier alpha value is -2.12. The molecular weight excluding hydrogens is 286 g/mol. The van der Waals surface area contributed by atoms with Crippen LogP contribution in [-0.2, 0) is 12.5 Å². The second-order valence-corrected chi connectivity index (χ2v) is 6.33. The highest BCUT2D eigenvalue weighted by Gasteiger charge is 2.23. The molecule has 2 rings (SSSR count). The summed E-state index contributed by atoms with van der Waals surface area (Å²) in [5, 5.41) is 13.7. The molecule has 0 radical (unpaired) electrons. The summed E-state index contributed by atoms with van der Waals surface area (Å²) >= 11 is 6.09. The van der Waals surface area contributed by atoms with Crippen LogP contribution in [0.3, 0.4) is 0 Å². The molecule has 1 aromatic carbocycles. The van der Waals surface area contributed by atoms with Gasteiger partial charge in [-0.2, -0.15) is 10.4 Å². The minimum Gasteiger partial charge on any atom is -0.287 e. The molecule has 0 saturated heterocycles. The van der Waals surface area contributed by atoms with Crippen molar-refractivity contribution < 1.29 is 4.79 Å². The second-order valence-electron chi connectivity index (χ2n) is 5.92. The average Bonchev–Trinajstić information content (AvgIpc) is 2.80. The summed E-state index contributed by atoms with van der Waals surface area (Å²) in [5.41, 5.74) is 1.87. The third kappa shape index (κ3) is 2.98. The molecule has 0 aliphatic carbocycles. The molecule has 0 bridgehead atoms. The molecule has 1 heterocycles. The Labute approximate surface area is 129 Å². The summed E-state index contributed by atoms with van der Waals surface area (Å²) in [5.74, 6) is -0.234. The zero-order valence-electron chi connectivity index (χ0n) is 12.4. The lowest BCUT2D eigenvalue weighted by molar-refractivity contribution is 0.103. The van der Waals surface area contributed by atoms with Crippen LogP contribution in [0.15, 0.2) is 24.3 Å². The van der Waals surface area contributed by atoms with Gasteiger partial charge in [0.2, 0.25) is 5.78 Å². The van der Waals surface area contributed by atoms with E-state index in [-0.39, 0.29) is 11.2 Å². The zero-order valence-corrected chi connectivity index (χ0v) is 13.2. The van der Waals surface area contributed by atoms with Gasteiger partial charge >= 0.3 is 0 Å². The van der Waals surface area contributed by atoms with Crippen molar-refractivity contribution in [3.8, 4) is 6.07 Å². The van der Waals surface area contributed by atoms with E-state index in [1.807, 2.05) is 26.8 Å². The molecule has 0 unspecified atom stereocenters. The standard InChI is InChI=1S/C16H16ClN3O/c1-16(2,3)14-8-13(20(4)19-14)15(21)11-7-10(9-18)5-6-12(11)17/h5-8H,1-4H3.